The van der Waals surface area contributed by atoms with E-state index in [2.05, 4.69) is 33.2 Å². The van der Waals surface area contributed by atoms with Gasteiger partial charge in [-0.15, -0.1) is 0 Å². The first-order valence-corrected chi connectivity index (χ1v) is 6.36. The van der Waals surface area contributed by atoms with E-state index < -0.39 is 0 Å². The number of nitrogens with zero attached hydrogens (tertiary/aromatic N) is 3. The fourth-order valence-corrected chi connectivity index (χ4v) is 2.42. The fourth-order valence-electron chi connectivity index (χ4n) is 2.42. The van der Waals surface area contributed by atoms with E-state index in [1.807, 2.05) is 32.3 Å². The third-order valence-corrected chi connectivity index (χ3v) is 3.44. The molecule has 4 nitrogen and oxygen atoms in total. The monoisotopic (exact) mass is 252 g/mol. The van der Waals surface area contributed by atoms with Crippen LogP contribution in [0, 0.1) is 20.8 Å². The van der Waals surface area contributed by atoms with Crippen LogP contribution in [0.1, 0.15) is 28.2 Å². The topological polar surface area (TPSA) is 54.5 Å². The SMILES string of the molecule is Cc1cc(C)c(Cc2nccc3n[nH]c(C)c23)cn1. The smallest absolute Gasteiger partial charge is 0.0957 e. The lowest BCUT2D eigenvalue weighted by Gasteiger charge is -2.07. The van der Waals surface area contributed by atoms with Gasteiger partial charge in [-0.05, 0) is 44.0 Å². The number of nitrogens with one attached hydrogen (secondary N) is 1. The van der Waals surface area contributed by atoms with Gasteiger partial charge in [-0.1, -0.05) is 0 Å². The van der Waals surface area contributed by atoms with Crippen molar-refractivity contribution < 1.29 is 0 Å². The van der Waals surface area contributed by atoms with Gasteiger partial charge in [0.05, 0.1) is 11.2 Å². The maximum absolute atomic E-state index is 4.51. The highest BCUT2D eigenvalue weighted by Crippen LogP contribution is 2.21. The van der Waals surface area contributed by atoms with Crippen LogP contribution in [0.15, 0.2) is 24.5 Å². The van der Waals surface area contributed by atoms with Crippen LogP contribution in [0.4, 0.5) is 0 Å². The summed E-state index contributed by atoms with van der Waals surface area (Å²) in [5.41, 5.74) is 6.61. The molecule has 3 heterocycles. The van der Waals surface area contributed by atoms with Gasteiger partial charge in [0.1, 0.15) is 0 Å². The first-order chi connectivity index (χ1) is 9.15. The van der Waals surface area contributed by atoms with Crippen molar-refractivity contribution in [2.75, 3.05) is 0 Å². The molecular formula is C15H16N4. The van der Waals surface area contributed by atoms with Crippen molar-refractivity contribution in [3.63, 3.8) is 0 Å². The lowest BCUT2D eigenvalue weighted by molar-refractivity contribution is 1.04. The normalized spacial score (nSPS) is 11.1. The third kappa shape index (κ3) is 2.10. The van der Waals surface area contributed by atoms with Crippen LogP contribution in [0.2, 0.25) is 0 Å². The summed E-state index contributed by atoms with van der Waals surface area (Å²) in [5, 5.41) is 8.42. The molecule has 0 aromatic carbocycles. The number of aromatic amines is 1. The summed E-state index contributed by atoms with van der Waals surface area (Å²) in [7, 11) is 0. The highest BCUT2D eigenvalue weighted by atomic mass is 15.1. The molecule has 0 aliphatic carbocycles. The second-order valence-electron chi connectivity index (χ2n) is 4.93. The molecule has 0 fully saturated rings. The van der Waals surface area contributed by atoms with Crippen molar-refractivity contribution in [3.05, 3.63) is 52.7 Å². The van der Waals surface area contributed by atoms with Gasteiger partial charge in [0.2, 0.25) is 0 Å². The highest BCUT2D eigenvalue weighted by molar-refractivity contribution is 5.83. The molecular weight excluding hydrogens is 236 g/mol. The van der Waals surface area contributed by atoms with Crippen LogP contribution in [0.3, 0.4) is 0 Å². The van der Waals surface area contributed by atoms with Crippen molar-refractivity contribution >= 4 is 10.9 Å². The molecule has 0 amide bonds. The van der Waals surface area contributed by atoms with Crippen LogP contribution in [-0.2, 0) is 6.42 Å². The summed E-state index contributed by atoms with van der Waals surface area (Å²) in [6.07, 6.45) is 4.55. The summed E-state index contributed by atoms with van der Waals surface area (Å²) in [5.74, 6) is 0. The molecule has 4 heteroatoms. The minimum Gasteiger partial charge on any atom is -0.282 e. The third-order valence-electron chi connectivity index (χ3n) is 3.44. The molecule has 0 aliphatic heterocycles. The molecule has 0 spiro atoms. The Labute approximate surface area is 111 Å². The summed E-state index contributed by atoms with van der Waals surface area (Å²) in [4.78, 5) is 8.89. The Kier molecular flexibility index (Phi) is 2.78. The first-order valence-electron chi connectivity index (χ1n) is 6.36. The Bertz CT molecular complexity index is 743. The van der Waals surface area contributed by atoms with E-state index in [1.165, 1.54) is 11.1 Å². The van der Waals surface area contributed by atoms with Crippen molar-refractivity contribution in [2.45, 2.75) is 27.2 Å². The average molecular weight is 252 g/mol. The number of rotatable bonds is 2. The van der Waals surface area contributed by atoms with Crippen molar-refractivity contribution in [1.82, 2.24) is 20.2 Å². The zero-order valence-electron chi connectivity index (χ0n) is 11.4. The first kappa shape index (κ1) is 11.8. The van der Waals surface area contributed by atoms with E-state index >= 15 is 0 Å². The second-order valence-corrected chi connectivity index (χ2v) is 4.93. The average Bonchev–Trinajstić information content (AvgIpc) is 2.76. The minimum absolute atomic E-state index is 0.789. The van der Waals surface area contributed by atoms with E-state index in [4.69, 9.17) is 0 Å². The van der Waals surface area contributed by atoms with Gasteiger partial charge >= 0.3 is 0 Å². The minimum atomic E-state index is 0.789. The molecule has 3 aromatic heterocycles. The Morgan fingerprint density at radius 1 is 1.16 bits per heavy atom. The van der Waals surface area contributed by atoms with Crippen LogP contribution < -0.4 is 0 Å². The Hall–Kier alpha value is -2.23. The fraction of sp³-hybridized carbons (Fsp3) is 0.267. The molecule has 96 valence electrons. The summed E-state index contributed by atoms with van der Waals surface area (Å²) < 4.78 is 0. The highest BCUT2D eigenvalue weighted by Gasteiger charge is 2.10. The van der Waals surface area contributed by atoms with Gasteiger partial charge in [-0.2, -0.15) is 5.10 Å². The number of fused-ring (bicyclic) bond motifs is 1. The van der Waals surface area contributed by atoms with Gasteiger partial charge in [0.25, 0.3) is 0 Å². The zero-order chi connectivity index (χ0) is 13.4. The van der Waals surface area contributed by atoms with Crippen molar-refractivity contribution in [3.8, 4) is 0 Å². The molecule has 0 unspecified atom stereocenters. The van der Waals surface area contributed by atoms with E-state index in [9.17, 15) is 0 Å². The Morgan fingerprint density at radius 3 is 2.79 bits per heavy atom. The van der Waals surface area contributed by atoms with E-state index in [-0.39, 0.29) is 0 Å². The Morgan fingerprint density at radius 2 is 2.00 bits per heavy atom. The maximum atomic E-state index is 4.51. The van der Waals surface area contributed by atoms with Crippen LogP contribution in [0.5, 0.6) is 0 Å². The number of pyridine rings is 2. The molecule has 0 aliphatic rings. The van der Waals surface area contributed by atoms with Crippen LogP contribution in [0.25, 0.3) is 10.9 Å². The van der Waals surface area contributed by atoms with Gasteiger partial charge < -0.3 is 0 Å². The summed E-state index contributed by atoms with van der Waals surface area (Å²) >= 11 is 0. The van der Waals surface area contributed by atoms with E-state index in [0.717, 1.165) is 34.4 Å². The van der Waals surface area contributed by atoms with Crippen molar-refractivity contribution in [2.24, 2.45) is 0 Å². The van der Waals surface area contributed by atoms with Crippen LogP contribution >= 0.6 is 0 Å². The van der Waals surface area contributed by atoms with Gasteiger partial charge in [0.15, 0.2) is 0 Å². The quantitative estimate of drug-likeness (QED) is 0.763. The molecule has 0 atom stereocenters. The number of aryl methyl sites for hydroxylation is 3. The van der Waals surface area contributed by atoms with Crippen LogP contribution in [-0.4, -0.2) is 20.2 Å². The lowest BCUT2D eigenvalue weighted by atomic mass is 10.0. The molecule has 0 saturated carbocycles. The second kappa shape index (κ2) is 4.46. The largest absolute Gasteiger partial charge is 0.282 e. The predicted octanol–water partition coefficient (Wildman–Crippen LogP) is 2.87. The van der Waals surface area contributed by atoms with E-state index in [1.54, 1.807) is 0 Å². The molecule has 3 aromatic rings. The molecule has 1 N–H and O–H groups in total. The molecule has 0 saturated heterocycles. The number of hydrogen-bond acceptors (Lipinski definition) is 3. The van der Waals surface area contributed by atoms with Gasteiger partial charge in [-0.3, -0.25) is 15.1 Å². The summed E-state index contributed by atoms with van der Waals surface area (Å²) in [6.45, 7) is 6.16. The maximum Gasteiger partial charge on any atom is 0.0957 e. The zero-order valence-corrected chi connectivity index (χ0v) is 11.4. The number of H-pyrrole nitrogens is 1. The number of hydrogen-bond donors (Lipinski definition) is 1. The predicted molar refractivity (Wildman–Crippen MR) is 75.1 cm³/mol. The standard InChI is InChI=1S/C15H16N4/c1-9-6-10(2)17-8-12(9)7-14-15-11(3)18-19-13(15)4-5-16-14/h4-6,8H,7H2,1-3H3,(H,18,19). The van der Waals surface area contributed by atoms with Gasteiger partial charge in [-0.25, -0.2) is 0 Å². The Balaban J connectivity index is 2.08. The lowest BCUT2D eigenvalue weighted by Crippen LogP contribution is -1.98. The summed E-state index contributed by atoms with van der Waals surface area (Å²) in [6, 6.07) is 4.04. The van der Waals surface area contributed by atoms with Crippen molar-refractivity contribution in [1.29, 1.82) is 0 Å². The van der Waals surface area contributed by atoms with E-state index in [0.29, 0.717) is 0 Å². The van der Waals surface area contributed by atoms with Gasteiger partial charge in [0, 0.05) is 35.6 Å². The number of aromatic nitrogens is 4. The molecule has 0 radical (unpaired) electrons. The molecule has 3 rings (SSSR count). The molecule has 0 bridgehead atoms. The molecule has 19 heavy (non-hydrogen) atoms.